The summed E-state index contributed by atoms with van der Waals surface area (Å²) >= 11 is 3.32. The van der Waals surface area contributed by atoms with Gasteiger partial charge in [0.2, 0.25) is 0 Å². The molecular formula is C10H10BrN3O2. The molecule has 0 aliphatic carbocycles. The first-order chi connectivity index (χ1) is 7.58. The lowest BCUT2D eigenvalue weighted by Crippen LogP contribution is -2.36. The van der Waals surface area contributed by atoms with E-state index in [4.69, 9.17) is 0 Å². The predicted octanol–water partition coefficient (Wildman–Crippen LogP) is 1.37. The molecule has 16 heavy (non-hydrogen) atoms. The van der Waals surface area contributed by atoms with Crippen LogP contribution in [0.25, 0.3) is 0 Å². The van der Waals surface area contributed by atoms with Crippen LogP contribution in [0.2, 0.25) is 0 Å². The van der Waals surface area contributed by atoms with Crippen LogP contribution in [0.4, 0.5) is 10.5 Å². The fraction of sp³-hybridized carbons (Fsp3) is 0.200. The van der Waals surface area contributed by atoms with Gasteiger partial charge < -0.3 is 10.6 Å². The number of carbonyl (C=O) groups is 2. The number of hydrogen-bond acceptors (Lipinski definition) is 3. The summed E-state index contributed by atoms with van der Waals surface area (Å²) in [5, 5.41) is 5.47. The molecule has 2 N–H and O–H groups in total. The van der Waals surface area contributed by atoms with Crippen LogP contribution in [0.3, 0.4) is 0 Å². The largest absolute Gasteiger partial charge is 0.357 e. The summed E-state index contributed by atoms with van der Waals surface area (Å²) in [6, 6.07) is 6.96. The van der Waals surface area contributed by atoms with Gasteiger partial charge in [-0.15, -0.1) is 0 Å². The van der Waals surface area contributed by atoms with Crippen molar-refractivity contribution in [2.75, 3.05) is 12.4 Å². The zero-order valence-electron chi connectivity index (χ0n) is 8.53. The van der Waals surface area contributed by atoms with Gasteiger partial charge >= 0.3 is 6.03 Å². The van der Waals surface area contributed by atoms with E-state index in [1.807, 2.05) is 24.3 Å². The van der Waals surface area contributed by atoms with Crippen molar-refractivity contribution in [1.82, 2.24) is 10.2 Å². The van der Waals surface area contributed by atoms with E-state index in [0.717, 1.165) is 15.1 Å². The van der Waals surface area contributed by atoms with Crippen LogP contribution in [-0.4, -0.2) is 30.1 Å². The number of amides is 3. The summed E-state index contributed by atoms with van der Waals surface area (Å²) in [6.45, 7) is 0. The number of benzene rings is 1. The normalized spacial score (nSPS) is 19.9. The first-order valence-corrected chi connectivity index (χ1v) is 5.47. The van der Waals surface area contributed by atoms with Crippen molar-refractivity contribution in [1.29, 1.82) is 0 Å². The Balaban J connectivity index is 2.09. The molecule has 5 nitrogen and oxygen atoms in total. The zero-order valence-corrected chi connectivity index (χ0v) is 10.1. The second-order valence-electron chi connectivity index (χ2n) is 3.43. The number of likely N-dealkylation sites (N-methyl/N-ethyl adjacent to an activating group) is 1. The second-order valence-corrected chi connectivity index (χ2v) is 4.35. The van der Waals surface area contributed by atoms with Crippen LogP contribution in [0.15, 0.2) is 28.7 Å². The molecule has 0 radical (unpaired) electrons. The molecule has 0 aromatic heterocycles. The average molecular weight is 284 g/mol. The molecule has 3 amide bonds. The number of halogens is 1. The molecule has 1 aromatic rings. The molecule has 1 unspecified atom stereocenters. The van der Waals surface area contributed by atoms with Gasteiger partial charge in [-0.25, -0.2) is 4.79 Å². The van der Waals surface area contributed by atoms with E-state index in [1.54, 1.807) is 0 Å². The molecule has 1 heterocycles. The Kier molecular flexibility index (Phi) is 2.82. The van der Waals surface area contributed by atoms with Crippen LogP contribution in [0.1, 0.15) is 0 Å². The molecule has 1 saturated heterocycles. The highest BCUT2D eigenvalue weighted by Gasteiger charge is 2.35. The Morgan fingerprint density at radius 3 is 2.44 bits per heavy atom. The molecule has 0 bridgehead atoms. The van der Waals surface area contributed by atoms with Crippen molar-refractivity contribution in [3.05, 3.63) is 28.7 Å². The minimum absolute atomic E-state index is 0.284. The monoisotopic (exact) mass is 283 g/mol. The average Bonchev–Trinajstić information content (AvgIpc) is 2.50. The Hall–Kier alpha value is -1.56. The van der Waals surface area contributed by atoms with E-state index >= 15 is 0 Å². The molecular weight excluding hydrogens is 274 g/mol. The molecule has 0 spiro atoms. The first kappa shape index (κ1) is 10.9. The number of anilines is 1. The van der Waals surface area contributed by atoms with Gasteiger partial charge in [0, 0.05) is 17.2 Å². The van der Waals surface area contributed by atoms with Crippen molar-refractivity contribution < 1.29 is 9.59 Å². The highest BCUT2D eigenvalue weighted by molar-refractivity contribution is 9.10. The third kappa shape index (κ3) is 2.01. The van der Waals surface area contributed by atoms with Gasteiger partial charge in [-0.3, -0.25) is 9.69 Å². The van der Waals surface area contributed by atoms with Crippen LogP contribution in [-0.2, 0) is 4.79 Å². The summed E-state index contributed by atoms with van der Waals surface area (Å²) in [4.78, 5) is 23.8. The SMILES string of the molecule is CN1C(=O)NC(Nc2ccc(Br)cc2)C1=O. The second kappa shape index (κ2) is 4.13. The summed E-state index contributed by atoms with van der Waals surface area (Å²) in [5.41, 5.74) is 0.775. The van der Waals surface area contributed by atoms with Gasteiger partial charge in [-0.1, -0.05) is 15.9 Å². The summed E-state index contributed by atoms with van der Waals surface area (Å²) < 4.78 is 0.956. The van der Waals surface area contributed by atoms with Crippen LogP contribution in [0, 0.1) is 0 Å². The van der Waals surface area contributed by atoms with E-state index < -0.39 is 6.17 Å². The van der Waals surface area contributed by atoms with Crippen molar-refractivity contribution >= 4 is 33.6 Å². The minimum atomic E-state index is -0.682. The van der Waals surface area contributed by atoms with Gasteiger partial charge in [0.05, 0.1) is 0 Å². The van der Waals surface area contributed by atoms with E-state index in [0.29, 0.717) is 0 Å². The Morgan fingerprint density at radius 1 is 1.31 bits per heavy atom. The van der Waals surface area contributed by atoms with Crippen molar-refractivity contribution in [3.63, 3.8) is 0 Å². The van der Waals surface area contributed by atoms with Gasteiger partial charge in [-0.2, -0.15) is 0 Å². The minimum Gasteiger partial charge on any atom is -0.357 e. The van der Waals surface area contributed by atoms with Crippen molar-refractivity contribution in [3.8, 4) is 0 Å². The molecule has 2 rings (SSSR count). The molecule has 1 aliphatic rings. The maximum atomic E-state index is 11.6. The number of hydrogen-bond donors (Lipinski definition) is 2. The molecule has 6 heteroatoms. The highest BCUT2D eigenvalue weighted by Crippen LogP contribution is 2.16. The summed E-state index contributed by atoms with van der Waals surface area (Å²) in [5.74, 6) is -0.284. The number of rotatable bonds is 2. The third-order valence-corrected chi connectivity index (χ3v) is 2.83. The fourth-order valence-corrected chi connectivity index (χ4v) is 1.65. The molecule has 84 valence electrons. The maximum absolute atomic E-state index is 11.6. The van der Waals surface area contributed by atoms with Gasteiger partial charge in [-0.05, 0) is 24.3 Å². The number of urea groups is 1. The van der Waals surface area contributed by atoms with E-state index in [-0.39, 0.29) is 11.9 Å². The smallest absolute Gasteiger partial charge is 0.325 e. The number of carbonyl (C=O) groups excluding carboxylic acids is 2. The lowest BCUT2D eigenvalue weighted by atomic mass is 10.3. The Labute approximate surface area is 101 Å². The van der Waals surface area contributed by atoms with Crippen molar-refractivity contribution in [2.24, 2.45) is 0 Å². The summed E-state index contributed by atoms with van der Waals surface area (Å²) in [7, 11) is 1.45. The van der Waals surface area contributed by atoms with E-state index in [1.165, 1.54) is 7.05 Å². The number of nitrogens with one attached hydrogen (secondary N) is 2. The van der Waals surface area contributed by atoms with E-state index in [2.05, 4.69) is 26.6 Å². The third-order valence-electron chi connectivity index (χ3n) is 2.31. The predicted molar refractivity (Wildman–Crippen MR) is 62.9 cm³/mol. The molecule has 1 aromatic carbocycles. The molecule has 1 atom stereocenters. The van der Waals surface area contributed by atoms with Crippen LogP contribution >= 0.6 is 15.9 Å². The highest BCUT2D eigenvalue weighted by atomic mass is 79.9. The quantitative estimate of drug-likeness (QED) is 0.806. The zero-order chi connectivity index (χ0) is 11.7. The summed E-state index contributed by atoms with van der Waals surface area (Å²) in [6.07, 6.45) is -0.682. The fourth-order valence-electron chi connectivity index (χ4n) is 1.39. The molecule has 1 aliphatic heterocycles. The Bertz CT molecular complexity index is 432. The maximum Gasteiger partial charge on any atom is 0.325 e. The lowest BCUT2D eigenvalue weighted by Gasteiger charge is -2.11. The first-order valence-electron chi connectivity index (χ1n) is 4.68. The standard InChI is InChI=1S/C10H10BrN3O2/c1-14-9(15)8(13-10(14)16)12-7-4-2-6(11)3-5-7/h2-5,8,12H,1H3,(H,13,16). The van der Waals surface area contributed by atoms with Crippen molar-refractivity contribution in [2.45, 2.75) is 6.17 Å². The van der Waals surface area contributed by atoms with Gasteiger partial charge in [0.25, 0.3) is 5.91 Å². The van der Waals surface area contributed by atoms with Crippen LogP contribution < -0.4 is 10.6 Å². The topological polar surface area (TPSA) is 61.4 Å². The van der Waals surface area contributed by atoms with Gasteiger partial charge in [0.15, 0.2) is 6.17 Å². The molecule has 0 saturated carbocycles. The van der Waals surface area contributed by atoms with Crippen LogP contribution in [0.5, 0.6) is 0 Å². The Morgan fingerprint density at radius 2 is 1.94 bits per heavy atom. The lowest BCUT2D eigenvalue weighted by molar-refractivity contribution is -0.125. The van der Waals surface area contributed by atoms with Gasteiger partial charge in [0.1, 0.15) is 0 Å². The molecule has 1 fully saturated rings. The van der Waals surface area contributed by atoms with E-state index in [9.17, 15) is 9.59 Å². The number of imide groups is 1. The number of nitrogens with zero attached hydrogens (tertiary/aromatic N) is 1.